The Labute approximate surface area is 92.0 Å². The van der Waals surface area contributed by atoms with Gasteiger partial charge in [-0.2, -0.15) is 0 Å². The number of aliphatic hydroxyl groups excluding tert-OH is 1. The summed E-state index contributed by atoms with van der Waals surface area (Å²) in [4.78, 5) is 0. The molecule has 0 aliphatic rings. The van der Waals surface area contributed by atoms with E-state index in [0.29, 0.717) is 6.61 Å². The summed E-state index contributed by atoms with van der Waals surface area (Å²) in [6, 6.07) is 5.41. The second kappa shape index (κ2) is 5.46. The van der Waals surface area contributed by atoms with Crippen LogP contribution in [-0.2, 0) is 11.3 Å². The van der Waals surface area contributed by atoms with Gasteiger partial charge in [0.2, 0.25) is 0 Å². The Kier molecular flexibility index (Phi) is 4.54. The molecule has 1 unspecified atom stereocenters. The van der Waals surface area contributed by atoms with Crippen molar-refractivity contribution in [2.24, 2.45) is 5.73 Å². The number of hydrogen-bond acceptors (Lipinski definition) is 3. The molecule has 0 fully saturated rings. The molecule has 0 aliphatic heterocycles. The lowest BCUT2D eigenvalue weighted by Crippen LogP contribution is -2.17. The molecule has 0 heterocycles. The smallest absolute Gasteiger partial charge is 0.0716 e. The normalized spacial score (nSPS) is 12.9. The summed E-state index contributed by atoms with van der Waals surface area (Å²) >= 11 is 3.41. The van der Waals surface area contributed by atoms with Crippen LogP contribution in [0.1, 0.15) is 17.2 Å². The molecule has 1 aromatic carbocycles. The van der Waals surface area contributed by atoms with Gasteiger partial charge in [0.15, 0.2) is 0 Å². The summed E-state index contributed by atoms with van der Waals surface area (Å²) in [6.45, 7) is 0.432. The third-order valence-electron chi connectivity index (χ3n) is 2.01. The van der Waals surface area contributed by atoms with Gasteiger partial charge in [-0.25, -0.2) is 0 Å². The Morgan fingerprint density at radius 2 is 2.29 bits per heavy atom. The third-order valence-corrected chi connectivity index (χ3v) is 2.70. The third kappa shape index (κ3) is 2.54. The van der Waals surface area contributed by atoms with Crippen LogP contribution in [-0.4, -0.2) is 18.8 Å². The quantitative estimate of drug-likeness (QED) is 0.864. The highest BCUT2D eigenvalue weighted by molar-refractivity contribution is 9.10. The first-order chi connectivity index (χ1) is 6.70. The molecular formula is C10H14BrNO2. The molecule has 0 radical (unpaired) electrons. The van der Waals surface area contributed by atoms with E-state index in [0.717, 1.165) is 15.6 Å². The Bertz CT molecular complexity index is 304. The number of rotatable bonds is 4. The fraction of sp³-hybridized carbons (Fsp3) is 0.400. The van der Waals surface area contributed by atoms with E-state index < -0.39 is 0 Å². The first kappa shape index (κ1) is 11.7. The molecule has 1 atom stereocenters. The number of hydrogen-bond donors (Lipinski definition) is 2. The molecular weight excluding hydrogens is 246 g/mol. The Hall–Kier alpha value is -0.420. The molecule has 0 saturated heterocycles. The summed E-state index contributed by atoms with van der Waals surface area (Å²) in [7, 11) is 1.63. The number of benzene rings is 1. The van der Waals surface area contributed by atoms with Gasteiger partial charge in [0.05, 0.1) is 19.3 Å². The van der Waals surface area contributed by atoms with Gasteiger partial charge in [-0.1, -0.05) is 28.1 Å². The van der Waals surface area contributed by atoms with Crippen LogP contribution < -0.4 is 5.73 Å². The first-order valence-corrected chi connectivity index (χ1v) is 5.12. The fourth-order valence-electron chi connectivity index (χ4n) is 1.37. The number of halogens is 1. The number of methoxy groups -OCH3 is 1. The van der Waals surface area contributed by atoms with Crippen molar-refractivity contribution in [3.63, 3.8) is 0 Å². The topological polar surface area (TPSA) is 55.5 Å². The van der Waals surface area contributed by atoms with Crippen LogP contribution in [0.3, 0.4) is 0 Å². The molecule has 0 bridgehead atoms. The van der Waals surface area contributed by atoms with Crippen molar-refractivity contribution in [2.45, 2.75) is 12.6 Å². The molecule has 14 heavy (non-hydrogen) atoms. The van der Waals surface area contributed by atoms with Crippen LogP contribution >= 0.6 is 15.9 Å². The van der Waals surface area contributed by atoms with Crippen LogP contribution in [0.5, 0.6) is 0 Å². The summed E-state index contributed by atoms with van der Waals surface area (Å²) in [5.74, 6) is 0. The summed E-state index contributed by atoms with van der Waals surface area (Å²) < 4.78 is 5.97. The van der Waals surface area contributed by atoms with Crippen molar-refractivity contribution in [1.82, 2.24) is 0 Å². The number of ether oxygens (including phenoxy) is 1. The largest absolute Gasteiger partial charge is 0.394 e. The van der Waals surface area contributed by atoms with E-state index in [2.05, 4.69) is 15.9 Å². The van der Waals surface area contributed by atoms with Crippen molar-refractivity contribution in [3.8, 4) is 0 Å². The van der Waals surface area contributed by atoms with Gasteiger partial charge in [-0.05, 0) is 17.2 Å². The van der Waals surface area contributed by atoms with E-state index in [-0.39, 0.29) is 12.6 Å². The minimum atomic E-state index is -0.365. The second-order valence-electron chi connectivity index (χ2n) is 3.03. The van der Waals surface area contributed by atoms with Crippen molar-refractivity contribution in [3.05, 3.63) is 33.8 Å². The van der Waals surface area contributed by atoms with Gasteiger partial charge >= 0.3 is 0 Å². The molecule has 0 saturated carbocycles. The van der Waals surface area contributed by atoms with Crippen molar-refractivity contribution >= 4 is 15.9 Å². The lowest BCUT2D eigenvalue weighted by Gasteiger charge is -2.15. The molecule has 0 spiro atoms. The summed E-state index contributed by atoms with van der Waals surface area (Å²) in [5, 5.41) is 9.02. The highest BCUT2D eigenvalue weighted by atomic mass is 79.9. The molecule has 1 aromatic rings. The minimum absolute atomic E-state index is 0.0701. The zero-order chi connectivity index (χ0) is 10.6. The standard InChI is InChI=1S/C10H14BrNO2/c1-14-6-7-3-2-4-8(11)10(7)9(12)5-13/h2-4,9,13H,5-6,12H2,1H3. The van der Waals surface area contributed by atoms with Gasteiger partial charge < -0.3 is 15.6 Å². The molecule has 4 heteroatoms. The molecule has 78 valence electrons. The van der Waals surface area contributed by atoms with Crippen LogP contribution in [0, 0.1) is 0 Å². The lowest BCUT2D eigenvalue weighted by molar-refractivity contribution is 0.182. The van der Waals surface area contributed by atoms with E-state index in [4.69, 9.17) is 15.6 Å². The SMILES string of the molecule is COCc1cccc(Br)c1C(N)CO. The number of aliphatic hydroxyl groups is 1. The number of nitrogens with two attached hydrogens (primary N) is 1. The second-order valence-corrected chi connectivity index (χ2v) is 3.89. The van der Waals surface area contributed by atoms with E-state index in [9.17, 15) is 0 Å². The highest BCUT2D eigenvalue weighted by Gasteiger charge is 2.13. The van der Waals surface area contributed by atoms with Gasteiger partial charge in [0.25, 0.3) is 0 Å². The van der Waals surface area contributed by atoms with Crippen LogP contribution in [0.4, 0.5) is 0 Å². The fourth-order valence-corrected chi connectivity index (χ4v) is 2.07. The van der Waals surface area contributed by atoms with Gasteiger partial charge in [-0.3, -0.25) is 0 Å². The van der Waals surface area contributed by atoms with Gasteiger partial charge in [-0.15, -0.1) is 0 Å². The average Bonchev–Trinajstić information content (AvgIpc) is 2.18. The Balaban J connectivity index is 3.08. The zero-order valence-corrected chi connectivity index (χ0v) is 9.62. The summed E-state index contributed by atoms with van der Waals surface area (Å²) in [6.07, 6.45) is 0. The molecule has 0 aliphatic carbocycles. The Morgan fingerprint density at radius 3 is 2.86 bits per heavy atom. The monoisotopic (exact) mass is 259 g/mol. The maximum atomic E-state index is 9.02. The van der Waals surface area contributed by atoms with Crippen molar-refractivity contribution in [2.75, 3.05) is 13.7 Å². The Morgan fingerprint density at radius 1 is 1.57 bits per heavy atom. The predicted octanol–water partition coefficient (Wildman–Crippen LogP) is 1.59. The van der Waals surface area contributed by atoms with Crippen molar-refractivity contribution in [1.29, 1.82) is 0 Å². The van der Waals surface area contributed by atoms with E-state index in [1.807, 2.05) is 18.2 Å². The van der Waals surface area contributed by atoms with Crippen LogP contribution in [0.2, 0.25) is 0 Å². The van der Waals surface area contributed by atoms with E-state index in [1.165, 1.54) is 0 Å². The van der Waals surface area contributed by atoms with Crippen LogP contribution in [0.25, 0.3) is 0 Å². The van der Waals surface area contributed by atoms with E-state index >= 15 is 0 Å². The van der Waals surface area contributed by atoms with Gasteiger partial charge in [0.1, 0.15) is 0 Å². The first-order valence-electron chi connectivity index (χ1n) is 4.33. The van der Waals surface area contributed by atoms with Crippen LogP contribution in [0.15, 0.2) is 22.7 Å². The maximum Gasteiger partial charge on any atom is 0.0716 e. The predicted molar refractivity (Wildman–Crippen MR) is 58.9 cm³/mol. The van der Waals surface area contributed by atoms with Crippen molar-refractivity contribution < 1.29 is 9.84 Å². The van der Waals surface area contributed by atoms with Gasteiger partial charge in [0, 0.05) is 11.6 Å². The van der Waals surface area contributed by atoms with E-state index in [1.54, 1.807) is 7.11 Å². The summed E-state index contributed by atoms with van der Waals surface area (Å²) in [5.41, 5.74) is 7.71. The molecule has 1 rings (SSSR count). The molecule has 0 aromatic heterocycles. The highest BCUT2D eigenvalue weighted by Crippen LogP contribution is 2.26. The minimum Gasteiger partial charge on any atom is -0.394 e. The average molecular weight is 260 g/mol. The maximum absolute atomic E-state index is 9.02. The molecule has 3 nitrogen and oxygen atoms in total. The zero-order valence-electron chi connectivity index (χ0n) is 8.03. The molecule has 3 N–H and O–H groups in total. The molecule has 0 amide bonds. The lowest BCUT2D eigenvalue weighted by atomic mass is 10.0.